The highest BCUT2D eigenvalue weighted by Gasteiger charge is 2.27. The largest absolute Gasteiger partial charge is 0.357 e. The molecule has 0 radical (unpaired) electrons. The molecule has 1 amide bonds. The van der Waals surface area contributed by atoms with Gasteiger partial charge < -0.3 is 19.6 Å². The summed E-state index contributed by atoms with van der Waals surface area (Å²) in [6, 6.07) is 0. The summed E-state index contributed by atoms with van der Waals surface area (Å²) in [5.41, 5.74) is 0.825. The lowest BCUT2D eigenvalue weighted by Crippen LogP contribution is -2.55. The van der Waals surface area contributed by atoms with Crippen molar-refractivity contribution in [2.24, 2.45) is 12.0 Å². The number of nitrogens with zero attached hydrogens (tertiary/aromatic N) is 7. The van der Waals surface area contributed by atoms with E-state index >= 15 is 0 Å². The molecule has 3 rings (SSSR count). The second-order valence-electron chi connectivity index (χ2n) is 6.06. The number of nitrogens with one attached hydrogen (secondary N) is 1. The van der Waals surface area contributed by atoms with E-state index in [0.29, 0.717) is 37.8 Å². The molecule has 1 N–H and O–H groups in total. The molecular weight excluding hydrogens is 336 g/mol. The molecule has 0 saturated carbocycles. The van der Waals surface area contributed by atoms with Gasteiger partial charge in [-0.05, 0) is 13.8 Å². The topological polar surface area (TPSA) is 105 Å². The van der Waals surface area contributed by atoms with E-state index < -0.39 is 0 Å². The average Bonchev–Trinajstić information content (AvgIpc) is 3.22. The monoisotopic (exact) mass is 360 g/mol. The van der Waals surface area contributed by atoms with Crippen LogP contribution in [0.15, 0.2) is 21.9 Å². The van der Waals surface area contributed by atoms with Crippen molar-refractivity contribution in [1.29, 1.82) is 0 Å². The third-order valence-corrected chi connectivity index (χ3v) is 4.01. The van der Waals surface area contributed by atoms with Crippen molar-refractivity contribution in [1.82, 2.24) is 30.1 Å². The molecule has 0 aromatic carbocycles. The minimum Gasteiger partial charge on any atom is -0.357 e. The molecule has 26 heavy (non-hydrogen) atoms. The highest BCUT2D eigenvalue weighted by atomic mass is 16.5. The van der Waals surface area contributed by atoms with E-state index in [1.54, 1.807) is 22.7 Å². The Kier molecular flexibility index (Phi) is 5.49. The predicted molar refractivity (Wildman–Crippen MR) is 95.9 cm³/mol. The molecule has 0 aliphatic carbocycles. The number of aryl methyl sites for hydroxylation is 2. The zero-order valence-electron chi connectivity index (χ0n) is 15.3. The number of anilines is 1. The van der Waals surface area contributed by atoms with Gasteiger partial charge in [-0.25, -0.2) is 0 Å². The predicted octanol–water partition coefficient (Wildman–Crippen LogP) is -0.0317. The molecular formula is C16H24N8O2. The Morgan fingerprint density at radius 3 is 2.88 bits per heavy atom. The summed E-state index contributed by atoms with van der Waals surface area (Å²) < 4.78 is 6.79. The lowest BCUT2D eigenvalue weighted by Gasteiger charge is -2.35. The molecule has 1 saturated heterocycles. The van der Waals surface area contributed by atoms with Crippen LogP contribution >= 0.6 is 0 Å². The molecule has 0 atom stereocenters. The zero-order valence-corrected chi connectivity index (χ0v) is 15.3. The van der Waals surface area contributed by atoms with Gasteiger partial charge >= 0.3 is 0 Å². The molecule has 10 heteroatoms. The van der Waals surface area contributed by atoms with Crippen molar-refractivity contribution in [3.8, 4) is 0 Å². The van der Waals surface area contributed by atoms with Crippen LogP contribution in [0.1, 0.15) is 18.6 Å². The van der Waals surface area contributed by atoms with Gasteiger partial charge in [-0.3, -0.25) is 14.5 Å². The molecule has 0 bridgehead atoms. The Morgan fingerprint density at radius 1 is 1.42 bits per heavy atom. The molecule has 0 unspecified atom stereocenters. The number of hydrogen-bond donors (Lipinski definition) is 1. The summed E-state index contributed by atoms with van der Waals surface area (Å²) in [4.78, 5) is 25.0. The van der Waals surface area contributed by atoms with E-state index in [9.17, 15) is 4.79 Å². The van der Waals surface area contributed by atoms with Crippen LogP contribution in [0.3, 0.4) is 0 Å². The first-order valence-electron chi connectivity index (χ1n) is 8.68. The van der Waals surface area contributed by atoms with Crippen LogP contribution in [0, 0.1) is 6.92 Å². The van der Waals surface area contributed by atoms with Crippen LogP contribution in [0.25, 0.3) is 0 Å². The van der Waals surface area contributed by atoms with Gasteiger partial charge in [0.15, 0.2) is 11.8 Å². The Hall–Kier alpha value is -2.91. The molecule has 3 heterocycles. The minimum atomic E-state index is 0.0300. The van der Waals surface area contributed by atoms with Gasteiger partial charge in [0.2, 0.25) is 11.8 Å². The third kappa shape index (κ3) is 4.19. The van der Waals surface area contributed by atoms with E-state index in [0.717, 1.165) is 18.2 Å². The first-order chi connectivity index (χ1) is 12.6. The lowest BCUT2D eigenvalue weighted by atomic mass is 10.3. The van der Waals surface area contributed by atoms with Gasteiger partial charge in [-0.15, -0.1) is 0 Å². The summed E-state index contributed by atoms with van der Waals surface area (Å²) in [6.07, 6.45) is 4.12. The first kappa shape index (κ1) is 17.9. The van der Waals surface area contributed by atoms with Gasteiger partial charge in [-0.2, -0.15) is 10.1 Å². The molecule has 140 valence electrons. The Labute approximate surface area is 151 Å². The van der Waals surface area contributed by atoms with Crippen molar-refractivity contribution in [2.45, 2.75) is 20.3 Å². The van der Waals surface area contributed by atoms with Gasteiger partial charge in [0.25, 0.3) is 0 Å². The fraction of sp³-hybridized carbons (Fsp3) is 0.562. The Bertz CT molecular complexity index is 781. The van der Waals surface area contributed by atoms with Crippen molar-refractivity contribution in [2.75, 3.05) is 37.6 Å². The minimum absolute atomic E-state index is 0.0300. The number of guanidine groups is 1. The SMILES string of the molecule is CCNC(=NCCc1nc(C)no1)N1CCN(c2cnn(C)c2)C(=O)C1. The molecule has 1 fully saturated rings. The van der Waals surface area contributed by atoms with Gasteiger partial charge in [0.1, 0.15) is 6.54 Å². The number of aliphatic imine (C=N–C) groups is 1. The van der Waals surface area contributed by atoms with Crippen molar-refractivity contribution < 1.29 is 9.32 Å². The quantitative estimate of drug-likeness (QED) is 0.590. The number of amides is 1. The maximum Gasteiger partial charge on any atom is 0.246 e. The van der Waals surface area contributed by atoms with Gasteiger partial charge in [-0.1, -0.05) is 5.16 Å². The number of carbonyl (C=O) groups is 1. The molecule has 1 aliphatic heterocycles. The van der Waals surface area contributed by atoms with Crippen LogP contribution in [-0.2, 0) is 18.3 Å². The van der Waals surface area contributed by atoms with Gasteiger partial charge in [0.05, 0.1) is 18.4 Å². The third-order valence-electron chi connectivity index (χ3n) is 4.01. The van der Waals surface area contributed by atoms with E-state index in [1.807, 2.05) is 25.1 Å². The van der Waals surface area contributed by atoms with E-state index in [2.05, 4.69) is 25.5 Å². The normalized spacial score (nSPS) is 15.7. The maximum atomic E-state index is 12.6. The van der Waals surface area contributed by atoms with Crippen LogP contribution in [-0.4, -0.2) is 69.4 Å². The summed E-state index contributed by atoms with van der Waals surface area (Å²) in [6.45, 7) is 6.61. The molecule has 1 aliphatic rings. The standard InChI is InChI=1S/C16H24N8O2/c1-4-17-16(18-6-5-14-20-12(2)21-26-14)23-7-8-24(15(25)11-23)13-9-19-22(3)10-13/h9-10H,4-8,11H2,1-3H3,(H,17,18). The fourth-order valence-electron chi connectivity index (χ4n) is 2.80. The number of carbonyl (C=O) groups excluding carboxylic acids is 1. The van der Waals surface area contributed by atoms with Crippen molar-refractivity contribution in [3.63, 3.8) is 0 Å². The first-order valence-corrected chi connectivity index (χ1v) is 8.68. The summed E-state index contributed by atoms with van der Waals surface area (Å²) >= 11 is 0. The Morgan fingerprint density at radius 2 is 2.27 bits per heavy atom. The van der Waals surface area contributed by atoms with Crippen LogP contribution < -0.4 is 10.2 Å². The van der Waals surface area contributed by atoms with E-state index in [4.69, 9.17) is 4.52 Å². The van der Waals surface area contributed by atoms with Crippen molar-refractivity contribution in [3.05, 3.63) is 24.1 Å². The fourth-order valence-corrected chi connectivity index (χ4v) is 2.80. The maximum absolute atomic E-state index is 12.6. The molecule has 0 spiro atoms. The van der Waals surface area contributed by atoms with Crippen LogP contribution in [0.2, 0.25) is 0 Å². The smallest absolute Gasteiger partial charge is 0.246 e. The molecule has 2 aromatic rings. The highest BCUT2D eigenvalue weighted by molar-refractivity contribution is 5.98. The lowest BCUT2D eigenvalue weighted by molar-refractivity contribution is -0.120. The van der Waals surface area contributed by atoms with E-state index in [1.165, 1.54) is 0 Å². The van der Waals surface area contributed by atoms with Crippen LogP contribution in [0.4, 0.5) is 5.69 Å². The Balaban J connectivity index is 1.61. The second-order valence-corrected chi connectivity index (χ2v) is 6.06. The highest BCUT2D eigenvalue weighted by Crippen LogP contribution is 2.16. The summed E-state index contributed by atoms with van der Waals surface area (Å²) in [7, 11) is 1.84. The average molecular weight is 360 g/mol. The summed E-state index contributed by atoms with van der Waals surface area (Å²) in [5, 5.41) is 11.2. The molecule has 10 nitrogen and oxygen atoms in total. The van der Waals surface area contributed by atoms with Crippen LogP contribution in [0.5, 0.6) is 0 Å². The molecule has 2 aromatic heterocycles. The second kappa shape index (κ2) is 7.98. The number of rotatable bonds is 5. The van der Waals surface area contributed by atoms with Gasteiger partial charge in [0, 0.05) is 39.3 Å². The zero-order chi connectivity index (χ0) is 18.5. The number of piperazine rings is 1. The summed E-state index contributed by atoms with van der Waals surface area (Å²) in [5.74, 6) is 1.94. The number of aromatic nitrogens is 4. The van der Waals surface area contributed by atoms with E-state index in [-0.39, 0.29) is 12.5 Å². The van der Waals surface area contributed by atoms with Crippen molar-refractivity contribution >= 4 is 17.6 Å². The number of hydrogen-bond acceptors (Lipinski definition) is 6.